The van der Waals surface area contributed by atoms with E-state index in [0.29, 0.717) is 0 Å². The fourth-order valence-electron chi connectivity index (χ4n) is 1.45. The number of hydrogen-bond acceptors (Lipinski definition) is 2. The van der Waals surface area contributed by atoms with Crippen LogP contribution in [-0.4, -0.2) is 16.3 Å². The second-order valence-electron chi connectivity index (χ2n) is 3.27. The highest BCUT2D eigenvalue weighted by molar-refractivity contribution is 5.06. The van der Waals surface area contributed by atoms with Crippen molar-refractivity contribution >= 4 is 0 Å². The van der Waals surface area contributed by atoms with E-state index >= 15 is 0 Å². The molecule has 0 aliphatic rings. The lowest BCUT2D eigenvalue weighted by Crippen LogP contribution is -2.21. The molecule has 1 heterocycles. The SMILES string of the molecule is C#CCCC(NCC)c1ccn(C)n1. The molecule has 1 aromatic heterocycles. The standard InChI is InChI=1S/C11H17N3/c1-4-6-7-10(12-5-2)11-8-9-14(3)13-11/h1,8-10,12H,5-7H2,2-3H3. The molecule has 0 aliphatic carbocycles. The minimum Gasteiger partial charge on any atom is -0.309 e. The maximum Gasteiger partial charge on any atom is 0.0794 e. The first kappa shape index (κ1) is 10.8. The summed E-state index contributed by atoms with van der Waals surface area (Å²) >= 11 is 0. The molecule has 0 spiro atoms. The summed E-state index contributed by atoms with van der Waals surface area (Å²) in [6.07, 6.45) is 8.94. The monoisotopic (exact) mass is 191 g/mol. The van der Waals surface area contributed by atoms with Gasteiger partial charge in [-0.2, -0.15) is 5.10 Å². The normalized spacial score (nSPS) is 12.4. The number of nitrogens with zero attached hydrogens (tertiary/aromatic N) is 2. The van der Waals surface area contributed by atoms with E-state index in [1.165, 1.54) is 0 Å². The molecule has 1 atom stereocenters. The molecule has 0 saturated heterocycles. The third-order valence-electron chi connectivity index (χ3n) is 2.12. The summed E-state index contributed by atoms with van der Waals surface area (Å²) in [5.74, 6) is 2.66. The Kier molecular flexibility index (Phi) is 4.21. The Morgan fingerprint density at radius 1 is 1.71 bits per heavy atom. The number of terminal acetylenes is 1. The maximum absolute atomic E-state index is 5.25. The van der Waals surface area contributed by atoms with E-state index in [1.807, 2.05) is 24.0 Å². The summed E-state index contributed by atoms with van der Waals surface area (Å²) in [7, 11) is 1.92. The zero-order valence-corrected chi connectivity index (χ0v) is 8.83. The summed E-state index contributed by atoms with van der Waals surface area (Å²) in [4.78, 5) is 0. The van der Waals surface area contributed by atoms with Crippen LogP contribution in [0.1, 0.15) is 31.5 Å². The first-order valence-corrected chi connectivity index (χ1v) is 4.94. The summed E-state index contributed by atoms with van der Waals surface area (Å²) in [5, 5.41) is 7.74. The van der Waals surface area contributed by atoms with E-state index in [2.05, 4.69) is 23.3 Å². The molecule has 0 amide bonds. The molecule has 1 rings (SSSR count). The van der Waals surface area contributed by atoms with E-state index in [-0.39, 0.29) is 6.04 Å². The van der Waals surface area contributed by atoms with Gasteiger partial charge in [0.15, 0.2) is 0 Å². The van der Waals surface area contributed by atoms with Crippen molar-refractivity contribution in [1.29, 1.82) is 0 Å². The second-order valence-corrected chi connectivity index (χ2v) is 3.27. The topological polar surface area (TPSA) is 29.9 Å². The largest absolute Gasteiger partial charge is 0.309 e. The molecule has 0 fully saturated rings. The van der Waals surface area contributed by atoms with Crippen LogP contribution in [0.4, 0.5) is 0 Å². The molecule has 0 radical (unpaired) electrons. The molecule has 0 aromatic carbocycles. The molecular weight excluding hydrogens is 174 g/mol. The Morgan fingerprint density at radius 3 is 3.00 bits per heavy atom. The van der Waals surface area contributed by atoms with Gasteiger partial charge in [0, 0.05) is 19.7 Å². The lowest BCUT2D eigenvalue weighted by molar-refractivity contribution is 0.503. The molecule has 76 valence electrons. The van der Waals surface area contributed by atoms with Gasteiger partial charge in [-0.1, -0.05) is 6.92 Å². The third-order valence-corrected chi connectivity index (χ3v) is 2.12. The van der Waals surface area contributed by atoms with Crippen molar-refractivity contribution in [2.45, 2.75) is 25.8 Å². The zero-order chi connectivity index (χ0) is 10.4. The number of aromatic nitrogens is 2. The lowest BCUT2D eigenvalue weighted by atomic mass is 10.1. The average Bonchev–Trinajstić information content (AvgIpc) is 2.59. The summed E-state index contributed by atoms with van der Waals surface area (Å²) in [6.45, 7) is 3.03. The Labute approximate surface area is 85.5 Å². The molecule has 3 heteroatoms. The summed E-state index contributed by atoms with van der Waals surface area (Å²) in [5.41, 5.74) is 1.07. The van der Waals surface area contributed by atoms with E-state index in [9.17, 15) is 0 Å². The minimum absolute atomic E-state index is 0.289. The number of aryl methyl sites for hydroxylation is 1. The van der Waals surface area contributed by atoms with Crippen molar-refractivity contribution in [1.82, 2.24) is 15.1 Å². The first-order valence-electron chi connectivity index (χ1n) is 4.94. The van der Waals surface area contributed by atoms with Crippen molar-refractivity contribution in [2.75, 3.05) is 6.54 Å². The number of hydrogen-bond donors (Lipinski definition) is 1. The van der Waals surface area contributed by atoms with Gasteiger partial charge in [0.2, 0.25) is 0 Å². The molecule has 0 bridgehead atoms. The van der Waals surface area contributed by atoms with E-state index < -0.39 is 0 Å². The lowest BCUT2D eigenvalue weighted by Gasteiger charge is -2.13. The van der Waals surface area contributed by atoms with E-state index in [4.69, 9.17) is 6.42 Å². The highest BCUT2D eigenvalue weighted by Crippen LogP contribution is 2.15. The van der Waals surface area contributed by atoms with Gasteiger partial charge in [0.25, 0.3) is 0 Å². The smallest absolute Gasteiger partial charge is 0.0794 e. The van der Waals surface area contributed by atoms with Gasteiger partial charge < -0.3 is 5.32 Å². The third kappa shape index (κ3) is 2.90. The van der Waals surface area contributed by atoms with Crippen LogP contribution in [0.5, 0.6) is 0 Å². The van der Waals surface area contributed by atoms with Crippen molar-refractivity contribution in [3.05, 3.63) is 18.0 Å². The molecule has 1 unspecified atom stereocenters. The number of nitrogens with one attached hydrogen (secondary N) is 1. The summed E-state index contributed by atoms with van der Waals surface area (Å²) in [6, 6.07) is 2.32. The van der Waals surface area contributed by atoms with E-state index in [1.54, 1.807) is 0 Å². The van der Waals surface area contributed by atoms with Crippen LogP contribution in [0.3, 0.4) is 0 Å². The van der Waals surface area contributed by atoms with Crippen LogP contribution < -0.4 is 5.32 Å². The highest BCUT2D eigenvalue weighted by atomic mass is 15.3. The molecule has 0 aliphatic heterocycles. The fourth-order valence-corrected chi connectivity index (χ4v) is 1.45. The van der Waals surface area contributed by atoms with Crippen molar-refractivity contribution in [3.8, 4) is 12.3 Å². The van der Waals surface area contributed by atoms with Gasteiger partial charge in [-0.3, -0.25) is 4.68 Å². The Morgan fingerprint density at radius 2 is 2.50 bits per heavy atom. The van der Waals surface area contributed by atoms with Crippen LogP contribution in [-0.2, 0) is 7.05 Å². The number of rotatable bonds is 5. The fraction of sp³-hybridized carbons (Fsp3) is 0.545. The molecule has 3 nitrogen and oxygen atoms in total. The molecule has 0 saturated carbocycles. The average molecular weight is 191 g/mol. The van der Waals surface area contributed by atoms with Gasteiger partial charge in [-0.15, -0.1) is 12.3 Å². The van der Waals surface area contributed by atoms with Crippen LogP contribution in [0.2, 0.25) is 0 Å². The Bertz CT molecular complexity index is 309. The van der Waals surface area contributed by atoms with Crippen LogP contribution >= 0.6 is 0 Å². The van der Waals surface area contributed by atoms with Crippen LogP contribution in [0, 0.1) is 12.3 Å². The molecule has 1 N–H and O–H groups in total. The van der Waals surface area contributed by atoms with Crippen LogP contribution in [0.15, 0.2) is 12.3 Å². The quantitative estimate of drug-likeness (QED) is 0.714. The molecule has 14 heavy (non-hydrogen) atoms. The molecule has 1 aromatic rings. The maximum atomic E-state index is 5.25. The molecular formula is C11H17N3. The van der Waals surface area contributed by atoms with Crippen molar-refractivity contribution in [3.63, 3.8) is 0 Å². The predicted octanol–water partition coefficient (Wildman–Crippen LogP) is 1.48. The Hall–Kier alpha value is -1.27. The van der Waals surface area contributed by atoms with Gasteiger partial charge in [-0.05, 0) is 19.0 Å². The van der Waals surface area contributed by atoms with Crippen molar-refractivity contribution in [2.24, 2.45) is 7.05 Å². The van der Waals surface area contributed by atoms with Gasteiger partial charge >= 0.3 is 0 Å². The minimum atomic E-state index is 0.289. The Balaban J connectivity index is 2.63. The second kappa shape index (κ2) is 5.46. The van der Waals surface area contributed by atoms with Gasteiger partial charge in [-0.25, -0.2) is 0 Å². The summed E-state index contributed by atoms with van der Waals surface area (Å²) < 4.78 is 1.82. The predicted molar refractivity (Wildman–Crippen MR) is 57.7 cm³/mol. The van der Waals surface area contributed by atoms with Gasteiger partial charge in [0.05, 0.1) is 11.7 Å². The van der Waals surface area contributed by atoms with Crippen molar-refractivity contribution < 1.29 is 0 Å². The first-order chi connectivity index (χ1) is 6.77. The van der Waals surface area contributed by atoms with Crippen LogP contribution in [0.25, 0.3) is 0 Å². The zero-order valence-electron chi connectivity index (χ0n) is 8.83. The van der Waals surface area contributed by atoms with Gasteiger partial charge in [0.1, 0.15) is 0 Å². The van der Waals surface area contributed by atoms with E-state index in [0.717, 1.165) is 25.1 Å². The highest BCUT2D eigenvalue weighted by Gasteiger charge is 2.11.